The van der Waals surface area contributed by atoms with Crippen LogP contribution in [0.4, 0.5) is 13.2 Å². The standard InChI is InChI=1S/C12H10BrF3N2/c1-7-10(18(2)11(13)17-7)8-3-5-9(6-4-8)12(14,15)16/h3-6H,1-2H3. The molecule has 0 amide bonds. The monoisotopic (exact) mass is 318 g/mol. The summed E-state index contributed by atoms with van der Waals surface area (Å²) in [6.45, 7) is 1.82. The van der Waals surface area contributed by atoms with Crippen molar-refractivity contribution in [1.82, 2.24) is 9.55 Å². The van der Waals surface area contributed by atoms with Gasteiger partial charge in [0.05, 0.1) is 17.0 Å². The Morgan fingerprint density at radius 2 is 1.72 bits per heavy atom. The Balaban J connectivity index is 2.47. The van der Waals surface area contributed by atoms with Crippen LogP contribution in [0, 0.1) is 6.92 Å². The van der Waals surface area contributed by atoms with Crippen molar-refractivity contribution >= 4 is 15.9 Å². The summed E-state index contributed by atoms with van der Waals surface area (Å²) in [5.41, 5.74) is 1.63. The van der Waals surface area contributed by atoms with Crippen molar-refractivity contribution in [3.05, 3.63) is 40.3 Å². The molecule has 2 nitrogen and oxygen atoms in total. The van der Waals surface area contributed by atoms with E-state index in [2.05, 4.69) is 20.9 Å². The number of rotatable bonds is 1. The summed E-state index contributed by atoms with van der Waals surface area (Å²) in [7, 11) is 1.80. The highest BCUT2D eigenvalue weighted by Crippen LogP contribution is 2.32. The predicted octanol–water partition coefficient (Wildman–Crippen LogP) is 4.18. The van der Waals surface area contributed by atoms with Gasteiger partial charge < -0.3 is 4.57 Å². The van der Waals surface area contributed by atoms with Crippen LogP contribution < -0.4 is 0 Å². The summed E-state index contributed by atoms with van der Waals surface area (Å²) in [5.74, 6) is 0. The minimum Gasteiger partial charge on any atom is -0.321 e. The summed E-state index contributed by atoms with van der Waals surface area (Å²) in [6.07, 6.45) is -4.30. The molecule has 0 saturated carbocycles. The minimum atomic E-state index is -4.30. The first kappa shape index (κ1) is 13.1. The minimum absolute atomic E-state index is 0.648. The van der Waals surface area contributed by atoms with E-state index in [0.29, 0.717) is 10.3 Å². The number of hydrogen-bond donors (Lipinski definition) is 0. The Kier molecular flexibility index (Phi) is 3.23. The highest BCUT2D eigenvalue weighted by atomic mass is 79.9. The molecule has 1 aromatic heterocycles. The van der Waals surface area contributed by atoms with Crippen LogP contribution in [0.2, 0.25) is 0 Å². The van der Waals surface area contributed by atoms with Gasteiger partial charge in [0.15, 0.2) is 4.73 Å². The maximum absolute atomic E-state index is 12.5. The maximum Gasteiger partial charge on any atom is 0.416 e. The molecule has 6 heteroatoms. The van der Waals surface area contributed by atoms with Gasteiger partial charge in [-0.2, -0.15) is 13.2 Å². The summed E-state index contributed by atoms with van der Waals surface area (Å²) in [4.78, 5) is 4.22. The lowest BCUT2D eigenvalue weighted by Gasteiger charge is -2.08. The van der Waals surface area contributed by atoms with Crippen molar-refractivity contribution in [2.24, 2.45) is 7.05 Å². The fraction of sp³-hybridized carbons (Fsp3) is 0.250. The molecule has 0 aliphatic rings. The Hall–Kier alpha value is -1.30. The van der Waals surface area contributed by atoms with Crippen LogP contribution in [0.1, 0.15) is 11.3 Å². The van der Waals surface area contributed by atoms with Gasteiger partial charge in [0.2, 0.25) is 0 Å². The van der Waals surface area contributed by atoms with Gasteiger partial charge in [-0.15, -0.1) is 0 Å². The number of halogens is 4. The van der Waals surface area contributed by atoms with Crippen LogP contribution in [-0.2, 0) is 13.2 Å². The second-order valence-corrected chi connectivity index (χ2v) is 4.66. The predicted molar refractivity (Wildman–Crippen MR) is 66.1 cm³/mol. The lowest BCUT2D eigenvalue weighted by atomic mass is 10.1. The molecule has 0 fully saturated rings. The van der Waals surface area contributed by atoms with Crippen molar-refractivity contribution in [2.75, 3.05) is 0 Å². The highest BCUT2D eigenvalue weighted by molar-refractivity contribution is 9.10. The molecule has 18 heavy (non-hydrogen) atoms. The molecule has 2 rings (SSSR count). The van der Waals surface area contributed by atoms with Crippen molar-refractivity contribution in [2.45, 2.75) is 13.1 Å². The molecular formula is C12H10BrF3N2. The van der Waals surface area contributed by atoms with Gasteiger partial charge in [0.25, 0.3) is 0 Å². The van der Waals surface area contributed by atoms with E-state index < -0.39 is 11.7 Å². The molecule has 0 atom stereocenters. The quantitative estimate of drug-likeness (QED) is 0.771. The molecule has 0 radical (unpaired) electrons. The molecular weight excluding hydrogens is 309 g/mol. The first-order chi connectivity index (χ1) is 8.30. The van der Waals surface area contributed by atoms with Crippen molar-refractivity contribution in [1.29, 1.82) is 0 Å². The van der Waals surface area contributed by atoms with Gasteiger partial charge in [-0.1, -0.05) is 12.1 Å². The second kappa shape index (κ2) is 4.42. The van der Waals surface area contributed by atoms with Gasteiger partial charge in [0.1, 0.15) is 0 Å². The summed E-state index contributed by atoms with van der Waals surface area (Å²) >= 11 is 3.28. The van der Waals surface area contributed by atoms with Crippen LogP contribution in [0.3, 0.4) is 0 Å². The molecule has 1 aromatic carbocycles. The van der Waals surface area contributed by atoms with E-state index in [0.717, 1.165) is 23.5 Å². The van der Waals surface area contributed by atoms with Gasteiger partial charge in [-0.3, -0.25) is 0 Å². The second-order valence-electron chi connectivity index (χ2n) is 3.95. The number of nitrogens with zero attached hydrogens (tertiary/aromatic N) is 2. The van der Waals surface area contributed by atoms with Gasteiger partial charge in [-0.05, 0) is 35.0 Å². The Bertz CT molecular complexity index is 570. The SMILES string of the molecule is Cc1nc(Br)n(C)c1-c1ccc(C(F)(F)F)cc1. The van der Waals surface area contributed by atoms with E-state index >= 15 is 0 Å². The van der Waals surface area contributed by atoms with Crippen LogP contribution in [0.15, 0.2) is 29.0 Å². The third-order valence-corrected chi connectivity index (χ3v) is 3.41. The fourth-order valence-electron chi connectivity index (χ4n) is 1.82. The molecule has 2 aromatic rings. The third kappa shape index (κ3) is 2.29. The Morgan fingerprint density at radius 1 is 1.17 bits per heavy atom. The van der Waals surface area contributed by atoms with Crippen molar-refractivity contribution < 1.29 is 13.2 Å². The van der Waals surface area contributed by atoms with E-state index in [9.17, 15) is 13.2 Å². The first-order valence-electron chi connectivity index (χ1n) is 5.17. The Morgan fingerprint density at radius 3 is 2.11 bits per heavy atom. The molecule has 0 N–H and O–H groups in total. The lowest BCUT2D eigenvalue weighted by Crippen LogP contribution is -2.04. The normalized spacial score (nSPS) is 11.9. The smallest absolute Gasteiger partial charge is 0.321 e. The van der Waals surface area contributed by atoms with Gasteiger partial charge in [0, 0.05) is 12.6 Å². The number of aryl methyl sites for hydroxylation is 1. The zero-order chi connectivity index (χ0) is 13.5. The van der Waals surface area contributed by atoms with Crippen molar-refractivity contribution in [3.63, 3.8) is 0 Å². The average Bonchev–Trinajstić information content (AvgIpc) is 2.52. The lowest BCUT2D eigenvalue weighted by molar-refractivity contribution is -0.137. The van der Waals surface area contributed by atoms with E-state index in [1.54, 1.807) is 11.6 Å². The zero-order valence-corrected chi connectivity index (χ0v) is 11.3. The van der Waals surface area contributed by atoms with Crippen LogP contribution in [0.5, 0.6) is 0 Å². The number of imidazole rings is 1. The number of alkyl halides is 3. The molecule has 0 aliphatic carbocycles. The van der Waals surface area contributed by atoms with Gasteiger partial charge in [-0.25, -0.2) is 4.98 Å². The number of hydrogen-bond acceptors (Lipinski definition) is 1. The molecule has 1 heterocycles. The summed E-state index contributed by atoms with van der Waals surface area (Å²) in [6, 6.07) is 5.07. The van der Waals surface area contributed by atoms with Crippen LogP contribution in [0.25, 0.3) is 11.3 Å². The molecule has 0 bridgehead atoms. The molecule has 96 valence electrons. The maximum atomic E-state index is 12.5. The van der Waals surface area contributed by atoms with Crippen LogP contribution in [-0.4, -0.2) is 9.55 Å². The van der Waals surface area contributed by atoms with E-state index in [1.807, 2.05) is 6.92 Å². The zero-order valence-electron chi connectivity index (χ0n) is 9.72. The van der Waals surface area contributed by atoms with Gasteiger partial charge >= 0.3 is 6.18 Å². The topological polar surface area (TPSA) is 17.8 Å². The largest absolute Gasteiger partial charge is 0.416 e. The molecule has 0 saturated heterocycles. The number of benzene rings is 1. The highest BCUT2D eigenvalue weighted by Gasteiger charge is 2.30. The van der Waals surface area contributed by atoms with E-state index in [-0.39, 0.29) is 0 Å². The van der Waals surface area contributed by atoms with Crippen molar-refractivity contribution in [3.8, 4) is 11.3 Å². The summed E-state index contributed by atoms with van der Waals surface area (Å²) in [5, 5.41) is 0. The average molecular weight is 319 g/mol. The third-order valence-electron chi connectivity index (χ3n) is 2.70. The fourth-order valence-corrected chi connectivity index (χ4v) is 2.26. The van der Waals surface area contributed by atoms with Crippen LogP contribution >= 0.6 is 15.9 Å². The molecule has 0 unspecified atom stereocenters. The molecule has 0 aliphatic heterocycles. The van der Waals surface area contributed by atoms with E-state index in [4.69, 9.17) is 0 Å². The summed E-state index contributed by atoms with van der Waals surface area (Å²) < 4.78 is 39.8. The van der Waals surface area contributed by atoms with E-state index in [1.165, 1.54) is 12.1 Å². The first-order valence-corrected chi connectivity index (χ1v) is 5.96. The Labute approximate surface area is 111 Å². The number of aromatic nitrogens is 2. The molecule has 0 spiro atoms.